The molecular weight excluding hydrogens is 322 g/mol. The number of rotatable bonds is 7. The predicted octanol–water partition coefficient (Wildman–Crippen LogP) is 5.37. The average Bonchev–Trinajstić information content (AvgIpc) is 2.59. The maximum absolute atomic E-state index is 12.3. The van der Waals surface area contributed by atoms with Crippen molar-refractivity contribution in [1.82, 2.24) is 4.90 Å². The normalized spacial score (nSPS) is 14.1. The molecule has 3 heteroatoms. The highest BCUT2D eigenvalue weighted by molar-refractivity contribution is 5.70. The van der Waals surface area contributed by atoms with Gasteiger partial charge in [-0.3, -0.25) is 9.69 Å². The Morgan fingerprint density at radius 2 is 1.50 bits per heavy atom. The first-order chi connectivity index (χ1) is 12.3. The number of esters is 1. The summed E-state index contributed by atoms with van der Waals surface area (Å²) in [6.07, 6.45) is 0.376. The molecule has 140 valence electrons. The van der Waals surface area contributed by atoms with Crippen LogP contribution in [0.2, 0.25) is 0 Å². The summed E-state index contributed by atoms with van der Waals surface area (Å²) < 4.78 is 5.53. The number of ether oxygens (including phenoxy) is 1. The summed E-state index contributed by atoms with van der Waals surface area (Å²) in [7, 11) is 0. The van der Waals surface area contributed by atoms with Gasteiger partial charge in [0.1, 0.15) is 5.60 Å². The zero-order valence-electron chi connectivity index (χ0n) is 16.6. The fraction of sp³-hybridized carbons (Fsp3) is 0.435. The van der Waals surface area contributed by atoms with Crippen molar-refractivity contribution in [3.63, 3.8) is 0 Å². The van der Waals surface area contributed by atoms with Gasteiger partial charge in [0, 0.05) is 18.6 Å². The van der Waals surface area contributed by atoms with Crippen LogP contribution >= 0.6 is 0 Å². The fourth-order valence-corrected chi connectivity index (χ4v) is 3.13. The van der Waals surface area contributed by atoms with Gasteiger partial charge in [0.2, 0.25) is 0 Å². The Balaban J connectivity index is 2.17. The van der Waals surface area contributed by atoms with Crippen LogP contribution in [0.1, 0.15) is 58.2 Å². The van der Waals surface area contributed by atoms with E-state index in [2.05, 4.69) is 67.3 Å². The second-order valence-corrected chi connectivity index (χ2v) is 7.88. The van der Waals surface area contributed by atoms with Gasteiger partial charge in [-0.25, -0.2) is 0 Å². The Morgan fingerprint density at radius 1 is 0.962 bits per heavy atom. The van der Waals surface area contributed by atoms with E-state index in [1.165, 1.54) is 11.1 Å². The molecule has 0 saturated carbocycles. The lowest BCUT2D eigenvalue weighted by atomic mass is 10.0. The molecule has 0 bridgehead atoms. The minimum Gasteiger partial charge on any atom is -0.460 e. The van der Waals surface area contributed by atoms with Gasteiger partial charge in [0.15, 0.2) is 0 Å². The lowest BCUT2D eigenvalue weighted by molar-refractivity contribution is -0.156. The monoisotopic (exact) mass is 353 g/mol. The second-order valence-electron chi connectivity index (χ2n) is 7.88. The third-order valence-corrected chi connectivity index (χ3v) is 4.44. The summed E-state index contributed by atoms with van der Waals surface area (Å²) in [6.45, 7) is 10.8. The number of carbonyl (C=O) groups excluding carboxylic acids is 1. The van der Waals surface area contributed by atoms with Crippen molar-refractivity contribution in [3.05, 3.63) is 71.8 Å². The number of carbonyl (C=O) groups is 1. The van der Waals surface area contributed by atoms with Crippen LogP contribution in [-0.4, -0.2) is 22.5 Å². The van der Waals surface area contributed by atoms with Gasteiger partial charge in [0.25, 0.3) is 0 Å². The van der Waals surface area contributed by atoms with Crippen molar-refractivity contribution >= 4 is 5.97 Å². The van der Waals surface area contributed by atoms with Gasteiger partial charge in [-0.2, -0.15) is 0 Å². The van der Waals surface area contributed by atoms with E-state index in [1.54, 1.807) is 0 Å². The first-order valence-electron chi connectivity index (χ1n) is 9.33. The summed E-state index contributed by atoms with van der Waals surface area (Å²) in [5.41, 5.74) is 2.04. The Labute approximate surface area is 158 Å². The Morgan fingerprint density at radius 3 is 2.04 bits per heavy atom. The van der Waals surface area contributed by atoms with Gasteiger partial charge in [0.05, 0.1) is 6.42 Å². The highest BCUT2D eigenvalue weighted by Crippen LogP contribution is 2.26. The minimum absolute atomic E-state index is 0.0697. The van der Waals surface area contributed by atoms with Crippen LogP contribution in [0.15, 0.2) is 60.7 Å². The molecule has 2 rings (SSSR count). The summed E-state index contributed by atoms with van der Waals surface area (Å²) >= 11 is 0. The highest BCUT2D eigenvalue weighted by atomic mass is 16.6. The van der Waals surface area contributed by atoms with Crippen LogP contribution in [-0.2, 0) is 16.1 Å². The molecule has 2 aromatic carbocycles. The van der Waals surface area contributed by atoms with E-state index in [4.69, 9.17) is 4.74 Å². The highest BCUT2D eigenvalue weighted by Gasteiger charge is 2.26. The summed E-state index contributed by atoms with van der Waals surface area (Å²) in [6, 6.07) is 21.1. The van der Waals surface area contributed by atoms with Crippen molar-refractivity contribution < 1.29 is 9.53 Å². The molecule has 2 aromatic rings. The Hall–Kier alpha value is -2.13. The van der Waals surface area contributed by atoms with E-state index in [0.29, 0.717) is 6.42 Å². The predicted molar refractivity (Wildman–Crippen MR) is 107 cm³/mol. The van der Waals surface area contributed by atoms with E-state index in [0.717, 1.165) is 6.54 Å². The summed E-state index contributed by atoms with van der Waals surface area (Å²) in [5, 5.41) is 0. The molecule has 0 heterocycles. The van der Waals surface area contributed by atoms with Crippen molar-refractivity contribution in [2.75, 3.05) is 0 Å². The smallest absolute Gasteiger partial charge is 0.307 e. The third-order valence-electron chi connectivity index (χ3n) is 4.44. The SMILES string of the molecule is CC(CC(=O)OC(C)(C)C)N(Cc1ccccc1)C(C)c1ccccc1. The molecule has 2 unspecified atom stereocenters. The molecule has 0 saturated heterocycles. The van der Waals surface area contributed by atoms with Crippen LogP contribution in [0.5, 0.6) is 0 Å². The molecule has 3 nitrogen and oxygen atoms in total. The summed E-state index contributed by atoms with van der Waals surface area (Å²) in [4.78, 5) is 14.7. The van der Waals surface area contributed by atoms with E-state index in [1.807, 2.05) is 32.9 Å². The van der Waals surface area contributed by atoms with Crippen LogP contribution in [0, 0.1) is 0 Å². The maximum Gasteiger partial charge on any atom is 0.307 e. The van der Waals surface area contributed by atoms with Crippen LogP contribution in [0.25, 0.3) is 0 Å². The zero-order valence-corrected chi connectivity index (χ0v) is 16.6. The van der Waals surface area contributed by atoms with Crippen molar-refractivity contribution in [3.8, 4) is 0 Å². The topological polar surface area (TPSA) is 29.5 Å². The zero-order chi connectivity index (χ0) is 19.2. The lowest BCUT2D eigenvalue weighted by Gasteiger charge is -2.35. The number of hydrogen-bond donors (Lipinski definition) is 0. The fourth-order valence-electron chi connectivity index (χ4n) is 3.13. The molecule has 0 fully saturated rings. The van der Waals surface area contributed by atoms with Gasteiger partial charge in [-0.15, -0.1) is 0 Å². The van der Waals surface area contributed by atoms with E-state index in [9.17, 15) is 4.79 Å². The van der Waals surface area contributed by atoms with Gasteiger partial charge in [-0.05, 0) is 45.7 Å². The third kappa shape index (κ3) is 6.30. The summed E-state index contributed by atoms with van der Waals surface area (Å²) in [5.74, 6) is -0.150. The van der Waals surface area contributed by atoms with Gasteiger partial charge < -0.3 is 4.74 Å². The average molecular weight is 354 g/mol. The van der Waals surface area contributed by atoms with Crippen LogP contribution in [0.3, 0.4) is 0 Å². The largest absolute Gasteiger partial charge is 0.460 e. The number of hydrogen-bond acceptors (Lipinski definition) is 3. The van der Waals surface area contributed by atoms with Crippen molar-refractivity contribution in [2.45, 2.75) is 65.3 Å². The van der Waals surface area contributed by atoms with Crippen molar-refractivity contribution in [1.29, 1.82) is 0 Å². The Bertz CT molecular complexity index is 676. The molecule has 0 amide bonds. The molecule has 0 N–H and O–H groups in total. The van der Waals surface area contributed by atoms with E-state index in [-0.39, 0.29) is 18.1 Å². The van der Waals surface area contributed by atoms with E-state index >= 15 is 0 Å². The Kier molecular flexibility index (Phi) is 6.98. The van der Waals surface area contributed by atoms with Gasteiger partial charge in [-0.1, -0.05) is 60.7 Å². The molecule has 2 atom stereocenters. The van der Waals surface area contributed by atoms with Crippen molar-refractivity contribution in [2.24, 2.45) is 0 Å². The second kappa shape index (κ2) is 9.00. The number of benzene rings is 2. The molecule has 0 aromatic heterocycles. The quantitative estimate of drug-likeness (QED) is 0.627. The molecule has 26 heavy (non-hydrogen) atoms. The lowest BCUT2D eigenvalue weighted by Crippen LogP contribution is -2.38. The molecular formula is C23H31NO2. The first kappa shape index (κ1) is 20.2. The van der Waals surface area contributed by atoms with E-state index < -0.39 is 5.60 Å². The van der Waals surface area contributed by atoms with Gasteiger partial charge >= 0.3 is 5.97 Å². The molecule has 0 spiro atoms. The molecule has 0 radical (unpaired) electrons. The standard InChI is InChI=1S/C23H31NO2/c1-18(16-22(25)26-23(3,4)5)24(17-20-12-8-6-9-13-20)19(2)21-14-10-7-11-15-21/h6-15,18-19H,16-17H2,1-5H3. The van der Waals surface area contributed by atoms with Crippen LogP contribution < -0.4 is 0 Å². The maximum atomic E-state index is 12.3. The number of nitrogens with zero attached hydrogens (tertiary/aromatic N) is 1. The molecule has 0 aliphatic rings. The molecule has 0 aliphatic heterocycles. The van der Waals surface area contributed by atoms with Crippen LogP contribution in [0.4, 0.5) is 0 Å². The minimum atomic E-state index is -0.452. The molecule has 0 aliphatic carbocycles. The first-order valence-corrected chi connectivity index (χ1v) is 9.33.